The standard InChI is InChI=1S/C21H26N4O4/c1-23-15-17(20(27)24(2)21(23)28)8-9-19(26)22-14-18(16-6-4-3-5-7-16)25-10-12-29-13-11-25/h3-9,15,18H,10-14H2,1-2H3,(H,22,26)/b9-8+. The number of rotatable bonds is 6. The molecule has 1 aliphatic heterocycles. The third kappa shape index (κ3) is 5.10. The van der Waals surface area contributed by atoms with Crippen LogP contribution in [0.4, 0.5) is 0 Å². The van der Waals surface area contributed by atoms with Crippen LogP contribution in [0.1, 0.15) is 17.2 Å². The van der Waals surface area contributed by atoms with E-state index < -0.39 is 11.2 Å². The Balaban J connectivity index is 1.70. The van der Waals surface area contributed by atoms with Crippen molar-refractivity contribution in [2.45, 2.75) is 6.04 Å². The topological polar surface area (TPSA) is 85.6 Å². The molecule has 154 valence electrons. The molecular weight excluding hydrogens is 372 g/mol. The van der Waals surface area contributed by atoms with Crippen LogP contribution in [0, 0.1) is 0 Å². The molecule has 1 saturated heterocycles. The van der Waals surface area contributed by atoms with Crippen molar-refractivity contribution in [3.05, 3.63) is 74.6 Å². The van der Waals surface area contributed by atoms with Crippen LogP contribution < -0.4 is 16.6 Å². The first-order valence-corrected chi connectivity index (χ1v) is 9.56. The summed E-state index contributed by atoms with van der Waals surface area (Å²) in [4.78, 5) is 38.6. The van der Waals surface area contributed by atoms with Gasteiger partial charge in [0.25, 0.3) is 5.56 Å². The molecule has 8 heteroatoms. The van der Waals surface area contributed by atoms with E-state index in [1.54, 1.807) is 7.05 Å². The number of carbonyl (C=O) groups excluding carboxylic acids is 1. The number of hydrogen-bond acceptors (Lipinski definition) is 5. The second-order valence-corrected chi connectivity index (χ2v) is 7.00. The minimum absolute atomic E-state index is 0.0443. The van der Waals surface area contributed by atoms with E-state index in [-0.39, 0.29) is 17.5 Å². The van der Waals surface area contributed by atoms with Crippen LogP contribution in [0.15, 0.2) is 52.2 Å². The second-order valence-electron chi connectivity index (χ2n) is 7.00. The van der Waals surface area contributed by atoms with Gasteiger partial charge in [0.05, 0.1) is 24.8 Å². The molecule has 3 rings (SSSR count). The van der Waals surface area contributed by atoms with Crippen molar-refractivity contribution in [1.29, 1.82) is 0 Å². The van der Waals surface area contributed by atoms with Crippen molar-refractivity contribution in [2.75, 3.05) is 32.8 Å². The lowest BCUT2D eigenvalue weighted by Crippen LogP contribution is -2.43. The van der Waals surface area contributed by atoms with E-state index in [1.165, 1.54) is 30.0 Å². The normalized spacial score (nSPS) is 16.1. The van der Waals surface area contributed by atoms with E-state index in [4.69, 9.17) is 4.74 Å². The number of ether oxygens (including phenoxy) is 1. The zero-order chi connectivity index (χ0) is 20.8. The molecule has 2 heterocycles. The van der Waals surface area contributed by atoms with E-state index in [0.717, 1.165) is 23.2 Å². The molecule has 0 saturated carbocycles. The number of morpholine rings is 1. The van der Waals surface area contributed by atoms with Crippen molar-refractivity contribution in [2.24, 2.45) is 14.1 Å². The molecule has 1 amide bonds. The maximum atomic E-state index is 12.4. The molecule has 1 N–H and O–H groups in total. The average Bonchev–Trinajstić information content (AvgIpc) is 2.75. The zero-order valence-corrected chi connectivity index (χ0v) is 16.7. The van der Waals surface area contributed by atoms with Crippen LogP contribution in [-0.2, 0) is 23.6 Å². The van der Waals surface area contributed by atoms with Gasteiger partial charge in [0.15, 0.2) is 0 Å². The number of nitrogens with zero attached hydrogens (tertiary/aromatic N) is 3. The van der Waals surface area contributed by atoms with Crippen LogP contribution in [0.2, 0.25) is 0 Å². The number of carbonyl (C=O) groups is 1. The van der Waals surface area contributed by atoms with Gasteiger partial charge in [0.2, 0.25) is 5.91 Å². The summed E-state index contributed by atoms with van der Waals surface area (Å²) >= 11 is 0. The monoisotopic (exact) mass is 398 g/mol. The van der Waals surface area contributed by atoms with Gasteiger partial charge in [0.1, 0.15) is 0 Å². The Morgan fingerprint density at radius 3 is 2.55 bits per heavy atom. The molecule has 2 aromatic rings. The smallest absolute Gasteiger partial charge is 0.330 e. The van der Waals surface area contributed by atoms with Crippen LogP contribution in [-0.4, -0.2) is 52.8 Å². The van der Waals surface area contributed by atoms with Crippen LogP contribution >= 0.6 is 0 Å². The maximum absolute atomic E-state index is 12.4. The number of hydrogen-bond donors (Lipinski definition) is 1. The predicted octanol–water partition coefficient (Wildman–Crippen LogP) is 0.287. The van der Waals surface area contributed by atoms with Gasteiger partial charge in [-0.1, -0.05) is 30.3 Å². The molecule has 1 atom stereocenters. The van der Waals surface area contributed by atoms with E-state index in [0.29, 0.717) is 19.8 Å². The summed E-state index contributed by atoms with van der Waals surface area (Å²) in [6.07, 6.45) is 4.18. The molecule has 0 aliphatic carbocycles. The quantitative estimate of drug-likeness (QED) is 0.707. The van der Waals surface area contributed by atoms with E-state index in [2.05, 4.69) is 22.3 Å². The minimum atomic E-state index is -0.437. The number of aryl methyl sites for hydroxylation is 1. The second kappa shape index (κ2) is 9.49. The highest BCUT2D eigenvalue weighted by Crippen LogP contribution is 2.21. The molecule has 0 bridgehead atoms. The molecule has 1 aromatic carbocycles. The summed E-state index contributed by atoms with van der Waals surface area (Å²) in [5.41, 5.74) is 0.559. The average molecular weight is 398 g/mol. The summed E-state index contributed by atoms with van der Waals surface area (Å²) in [6, 6.07) is 10.1. The Morgan fingerprint density at radius 1 is 1.17 bits per heavy atom. The third-order valence-electron chi connectivity index (χ3n) is 5.03. The third-order valence-corrected chi connectivity index (χ3v) is 5.03. The first-order valence-electron chi connectivity index (χ1n) is 9.56. The molecule has 0 spiro atoms. The Hall–Kier alpha value is -2.97. The highest BCUT2D eigenvalue weighted by molar-refractivity contribution is 5.91. The van der Waals surface area contributed by atoms with Crippen molar-refractivity contribution in [3.63, 3.8) is 0 Å². The van der Waals surface area contributed by atoms with Crippen molar-refractivity contribution < 1.29 is 9.53 Å². The van der Waals surface area contributed by atoms with E-state index in [9.17, 15) is 14.4 Å². The van der Waals surface area contributed by atoms with Gasteiger partial charge in [-0.05, 0) is 11.6 Å². The summed E-state index contributed by atoms with van der Waals surface area (Å²) < 4.78 is 7.77. The number of benzene rings is 1. The van der Waals surface area contributed by atoms with Gasteiger partial charge in [-0.3, -0.25) is 19.1 Å². The number of aromatic nitrogens is 2. The number of nitrogens with one attached hydrogen (secondary N) is 1. The Kier molecular flexibility index (Phi) is 6.79. The highest BCUT2D eigenvalue weighted by atomic mass is 16.5. The first-order chi connectivity index (χ1) is 14.0. The molecule has 29 heavy (non-hydrogen) atoms. The van der Waals surface area contributed by atoms with Crippen LogP contribution in [0.5, 0.6) is 0 Å². The molecule has 1 unspecified atom stereocenters. The molecule has 0 radical (unpaired) electrons. The van der Waals surface area contributed by atoms with Gasteiger partial charge in [-0.2, -0.15) is 0 Å². The summed E-state index contributed by atoms with van der Waals surface area (Å²) in [7, 11) is 2.97. The minimum Gasteiger partial charge on any atom is -0.379 e. The lowest BCUT2D eigenvalue weighted by atomic mass is 10.0. The Morgan fingerprint density at radius 2 is 1.86 bits per heavy atom. The van der Waals surface area contributed by atoms with Crippen molar-refractivity contribution >= 4 is 12.0 Å². The summed E-state index contributed by atoms with van der Waals surface area (Å²) in [5.74, 6) is -0.296. The molecule has 1 aliphatic rings. The molecular formula is C21H26N4O4. The van der Waals surface area contributed by atoms with Crippen LogP contribution in [0.25, 0.3) is 6.08 Å². The SMILES string of the molecule is Cn1cc(/C=C/C(=O)NCC(c2ccccc2)N2CCOCC2)c(=O)n(C)c1=O. The van der Waals surface area contributed by atoms with E-state index >= 15 is 0 Å². The fraction of sp³-hybridized carbons (Fsp3) is 0.381. The van der Waals surface area contributed by atoms with Crippen molar-refractivity contribution in [1.82, 2.24) is 19.4 Å². The lowest BCUT2D eigenvalue weighted by molar-refractivity contribution is -0.116. The Labute approximate surface area is 169 Å². The summed E-state index contributed by atoms with van der Waals surface area (Å²) in [6.45, 7) is 3.40. The number of amides is 1. The van der Waals surface area contributed by atoms with Gasteiger partial charge in [-0.25, -0.2) is 4.79 Å². The largest absolute Gasteiger partial charge is 0.379 e. The van der Waals surface area contributed by atoms with Crippen molar-refractivity contribution in [3.8, 4) is 0 Å². The molecule has 8 nitrogen and oxygen atoms in total. The van der Waals surface area contributed by atoms with Crippen LogP contribution in [0.3, 0.4) is 0 Å². The lowest BCUT2D eigenvalue weighted by Gasteiger charge is -2.34. The summed E-state index contributed by atoms with van der Waals surface area (Å²) in [5, 5.41) is 2.92. The predicted molar refractivity (Wildman–Crippen MR) is 111 cm³/mol. The zero-order valence-electron chi connectivity index (χ0n) is 16.7. The maximum Gasteiger partial charge on any atom is 0.330 e. The highest BCUT2D eigenvalue weighted by Gasteiger charge is 2.22. The van der Waals surface area contributed by atoms with Gasteiger partial charge in [-0.15, -0.1) is 0 Å². The Bertz CT molecular complexity index is 988. The molecule has 1 aromatic heterocycles. The first kappa shape index (κ1) is 20.8. The van der Waals surface area contributed by atoms with E-state index in [1.807, 2.05) is 18.2 Å². The fourth-order valence-electron chi connectivity index (χ4n) is 3.39. The fourth-order valence-corrected chi connectivity index (χ4v) is 3.39. The molecule has 1 fully saturated rings. The van der Waals surface area contributed by atoms with Gasteiger partial charge < -0.3 is 14.6 Å². The van der Waals surface area contributed by atoms with Gasteiger partial charge in [0, 0.05) is 46.0 Å². The van der Waals surface area contributed by atoms with Gasteiger partial charge >= 0.3 is 5.69 Å².